The highest BCUT2D eigenvalue weighted by atomic mass is 16.3. The zero-order chi connectivity index (χ0) is 12.6. The summed E-state index contributed by atoms with van der Waals surface area (Å²) in [4.78, 5) is 20.6. The molecule has 1 N–H and O–H groups in total. The molecular weight excluding hydrogens is 192 g/mol. The molecule has 3 nitrogen and oxygen atoms in total. The van der Waals surface area contributed by atoms with Crippen LogP contribution < -0.4 is 0 Å². The molecule has 0 atom stereocenters. The number of hydrogen-bond donors (Lipinski definition) is 1. The molecule has 15 heavy (non-hydrogen) atoms. The molecule has 0 heterocycles. The second-order valence-corrected chi connectivity index (χ2v) is 4.99. The minimum Gasteiger partial charge on any atom is -0.390 e. The minimum absolute atomic E-state index is 0.0255. The summed E-state index contributed by atoms with van der Waals surface area (Å²) in [6.07, 6.45) is 0.965. The Bertz CT molecular complexity index is 199. The average Bonchev–Trinajstić information content (AvgIpc) is 1.76. The summed E-state index contributed by atoms with van der Waals surface area (Å²) in [6.45, 7) is 10.4. The van der Waals surface area contributed by atoms with Crippen LogP contribution in [0.25, 0.3) is 0 Å². The second kappa shape index (κ2) is 7.57. The van der Waals surface area contributed by atoms with Crippen molar-refractivity contribution in [3.05, 3.63) is 0 Å². The molecule has 0 bridgehead atoms. The molecule has 0 spiro atoms. The van der Waals surface area contributed by atoms with Crippen molar-refractivity contribution < 1.29 is 14.7 Å². The van der Waals surface area contributed by atoms with E-state index >= 15 is 0 Å². The smallest absolute Gasteiger partial charge is 0.132 e. The van der Waals surface area contributed by atoms with Gasteiger partial charge in [-0.1, -0.05) is 13.8 Å². The number of Topliss-reactive ketones (excluding diaryl/α,β-unsaturated/α-hetero) is 2. The number of hydrogen-bond acceptors (Lipinski definition) is 3. The number of aliphatic hydroxyl groups is 1. The topological polar surface area (TPSA) is 54.4 Å². The van der Waals surface area contributed by atoms with Gasteiger partial charge in [-0.3, -0.25) is 4.79 Å². The minimum atomic E-state index is -0.828. The van der Waals surface area contributed by atoms with Crippen molar-refractivity contribution in [2.45, 2.75) is 60.0 Å². The molecule has 0 unspecified atom stereocenters. The molecule has 0 aliphatic carbocycles. The lowest BCUT2D eigenvalue weighted by Crippen LogP contribution is -2.21. The van der Waals surface area contributed by atoms with Crippen LogP contribution in [0.3, 0.4) is 0 Å². The van der Waals surface area contributed by atoms with E-state index < -0.39 is 5.60 Å². The molecular formula is C12H24O3. The fourth-order valence-corrected chi connectivity index (χ4v) is 1.18. The first kappa shape index (κ1) is 16.7. The fraction of sp³-hybridized carbons (Fsp3) is 0.833. The van der Waals surface area contributed by atoms with Gasteiger partial charge in [0.1, 0.15) is 11.6 Å². The lowest BCUT2D eigenvalue weighted by atomic mass is 10.0. The van der Waals surface area contributed by atoms with Crippen molar-refractivity contribution in [3.63, 3.8) is 0 Å². The standard InChI is InChI=1S/C6H12O2.C6H12O/c1-5(7)4-6(2,3)8;1-5(2)4-6(3)7/h8H,4H2,1-3H3;5H,4H2,1-3H3. The van der Waals surface area contributed by atoms with E-state index in [2.05, 4.69) is 0 Å². The highest BCUT2D eigenvalue weighted by molar-refractivity contribution is 5.76. The molecule has 3 heteroatoms. The van der Waals surface area contributed by atoms with Gasteiger partial charge in [-0.25, -0.2) is 0 Å². The molecule has 0 saturated carbocycles. The SMILES string of the molecule is CC(=O)CC(C)(C)O.CC(=O)CC(C)C. The van der Waals surface area contributed by atoms with Crippen molar-refractivity contribution in [1.82, 2.24) is 0 Å². The van der Waals surface area contributed by atoms with Gasteiger partial charge in [-0.15, -0.1) is 0 Å². The Hall–Kier alpha value is -0.700. The van der Waals surface area contributed by atoms with E-state index in [1.165, 1.54) is 6.92 Å². The van der Waals surface area contributed by atoms with Crippen LogP contribution in [0, 0.1) is 5.92 Å². The first-order chi connectivity index (χ1) is 6.54. The molecule has 90 valence electrons. The summed E-state index contributed by atoms with van der Waals surface area (Å²) in [7, 11) is 0. The highest BCUT2D eigenvalue weighted by Crippen LogP contribution is 2.06. The van der Waals surface area contributed by atoms with Crippen molar-refractivity contribution in [1.29, 1.82) is 0 Å². The van der Waals surface area contributed by atoms with E-state index in [4.69, 9.17) is 5.11 Å². The van der Waals surface area contributed by atoms with Crippen LogP contribution in [0.4, 0.5) is 0 Å². The van der Waals surface area contributed by atoms with E-state index in [1.54, 1.807) is 20.8 Å². The maximum absolute atomic E-state index is 10.3. The summed E-state index contributed by atoms with van der Waals surface area (Å²) in [5, 5.41) is 8.97. The van der Waals surface area contributed by atoms with Gasteiger partial charge in [-0.05, 0) is 33.6 Å². The van der Waals surface area contributed by atoms with Gasteiger partial charge >= 0.3 is 0 Å². The third-order valence-corrected chi connectivity index (χ3v) is 1.38. The van der Waals surface area contributed by atoms with Gasteiger partial charge in [0.25, 0.3) is 0 Å². The second-order valence-electron chi connectivity index (χ2n) is 4.99. The van der Waals surface area contributed by atoms with Crippen LogP contribution in [0.1, 0.15) is 54.4 Å². The van der Waals surface area contributed by atoms with Crippen molar-refractivity contribution in [2.24, 2.45) is 5.92 Å². The maximum Gasteiger partial charge on any atom is 0.132 e. The summed E-state index contributed by atoms with van der Waals surface area (Å²) >= 11 is 0. The number of rotatable bonds is 4. The molecule has 0 radical (unpaired) electrons. The molecule has 0 aromatic carbocycles. The summed E-state index contributed by atoms with van der Waals surface area (Å²) in [5.41, 5.74) is -0.828. The maximum atomic E-state index is 10.3. The Morgan fingerprint density at radius 3 is 1.53 bits per heavy atom. The molecule has 0 rings (SSSR count). The third kappa shape index (κ3) is 24.7. The quantitative estimate of drug-likeness (QED) is 0.784. The first-order valence-corrected chi connectivity index (χ1v) is 5.26. The van der Waals surface area contributed by atoms with E-state index in [0.29, 0.717) is 5.92 Å². The number of carbonyl (C=O) groups is 2. The zero-order valence-corrected chi connectivity index (χ0v) is 10.8. The van der Waals surface area contributed by atoms with Crippen LogP contribution in [-0.2, 0) is 9.59 Å². The van der Waals surface area contributed by atoms with Gasteiger partial charge in [-0.2, -0.15) is 0 Å². The van der Waals surface area contributed by atoms with Gasteiger partial charge in [0.05, 0.1) is 5.60 Å². The molecule has 0 amide bonds. The van der Waals surface area contributed by atoms with E-state index in [1.807, 2.05) is 13.8 Å². The molecule has 0 aromatic heterocycles. The Kier molecular flexibility index (Phi) is 8.44. The van der Waals surface area contributed by atoms with Crippen molar-refractivity contribution in [2.75, 3.05) is 0 Å². The third-order valence-electron chi connectivity index (χ3n) is 1.38. The average molecular weight is 216 g/mol. The molecule has 0 aliphatic rings. The molecule has 0 aliphatic heterocycles. The van der Waals surface area contributed by atoms with Crippen molar-refractivity contribution >= 4 is 11.6 Å². The van der Waals surface area contributed by atoms with Crippen LogP contribution in [0.5, 0.6) is 0 Å². The Morgan fingerprint density at radius 1 is 1.13 bits per heavy atom. The highest BCUT2D eigenvalue weighted by Gasteiger charge is 2.13. The largest absolute Gasteiger partial charge is 0.390 e. The molecule has 0 aromatic rings. The predicted octanol–water partition coefficient (Wildman–Crippen LogP) is 2.36. The van der Waals surface area contributed by atoms with E-state index in [9.17, 15) is 9.59 Å². The van der Waals surface area contributed by atoms with Gasteiger partial charge in [0.2, 0.25) is 0 Å². The van der Waals surface area contributed by atoms with E-state index in [-0.39, 0.29) is 18.0 Å². The van der Waals surface area contributed by atoms with Crippen LogP contribution in [0.15, 0.2) is 0 Å². The lowest BCUT2D eigenvalue weighted by Gasteiger charge is -2.13. The zero-order valence-electron chi connectivity index (χ0n) is 10.8. The van der Waals surface area contributed by atoms with Crippen molar-refractivity contribution in [3.8, 4) is 0 Å². The number of ketones is 2. The monoisotopic (exact) mass is 216 g/mol. The lowest BCUT2D eigenvalue weighted by molar-refractivity contribution is -0.121. The summed E-state index contributed by atoms with van der Waals surface area (Å²) in [5.74, 6) is 0.838. The summed E-state index contributed by atoms with van der Waals surface area (Å²) in [6, 6.07) is 0. The Labute approximate surface area is 92.9 Å². The molecule has 0 saturated heterocycles. The van der Waals surface area contributed by atoms with Crippen LogP contribution in [0.2, 0.25) is 0 Å². The predicted molar refractivity (Wildman–Crippen MR) is 61.7 cm³/mol. The summed E-state index contributed by atoms with van der Waals surface area (Å²) < 4.78 is 0. The van der Waals surface area contributed by atoms with Crippen LogP contribution in [-0.4, -0.2) is 22.3 Å². The fourth-order valence-electron chi connectivity index (χ4n) is 1.18. The molecule has 0 fully saturated rings. The van der Waals surface area contributed by atoms with Gasteiger partial charge < -0.3 is 9.90 Å². The first-order valence-electron chi connectivity index (χ1n) is 5.26. The van der Waals surface area contributed by atoms with Crippen LogP contribution >= 0.6 is 0 Å². The Balaban J connectivity index is 0. The number of carbonyl (C=O) groups excluding carboxylic acids is 2. The normalized spacial score (nSPS) is 10.7. The van der Waals surface area contributed by atoms with E-state index in [0.717, 1.165) is 6.42 Å². The van der Waals surface area contributed by atoms with Gasteiger partial charge in [0, 0.05) is 12.8 Å². The van der Waals surface area contributed by atoms with Gasteiger partial charge in [0.15, 0.2) is 0 Å². The Morgan fingerprint density at radius 2 is 1.53 bits per heavy atom.